The quantitative estimate of drug-likeness (QED) is 0.0733. The van der Waals surface area contributed by atoms with E-state index < -0.39 is 29.9 Å². The molecule has 4 N–H and O–H groups in total. The number of amides is 2. The highest BCUT2D eigenvalue weighted by Crippen LogP contribution is 2.62. The molecule has 0 aromatic heterocycles. The van der Waals surface area contributed by atoms with E-state index in [2.05, 4.69) is 23.1 Å². The molecule has 14 nitrogen and oxygen atoms in total. The molecule has 2 aliphatic carbocycles. The monoisotopic (exact) mass is 779 g/mol. The maximum Gasteiger partial charge on any atom is 0.412 e. The van der Waals surface area contributed by atoms with Gasteiger partial charge in [0.2, 0.25) is 5.79 Å². The smallest absolute Gasteiger partial charge is 0.412 e. The summed E-state index contributed by atoms with van der Waals surface area (Å²) in [6.07, 6.45) is 7.15. The molecule has 3 aliphatic rings. The Kier molecular flexibility index (Phi) is 16.1. The number of ether oxygens (including phenoxy) is 5. The number of unbranched alkanes of at least 4 members (excludes halogenated alkanes) is 2. The van der Waals surface area contributed by atoms with Gasteiger partial charge in [-0.15, -0.1) is 6.58 Å². The summed E-state index contributed by atoms with van der Waals surface area (Å²) in [7, 11) is 2.79. The summed E-state index contributed by atoms with van der Waals surface area (Å²) in [6.45, 7) is 4.58. The van der Waals surface area contributed by atoms with Crippen LogP contribution in [0.5, 0.6) is 11.5 Å². The average Bonchev–Trinajstić information content (AvgIpc) is 3.21. The van der Waals surface area contributed by atoms with Gasteiger partial charge in [-0.25, -0.2) is 9.59 Å². The van der Waals surface area contributed by atoms with Crippen LogP contribution in [-0.4, -0.2) is 110 Å². The number of carbonyl (C=O) groups is 2. The molecule has 6 unspecified atom stereocenters. The van der Waals surface area contributed by atoms with E-state index in [1.54, 1.807) is 18.2 Å². The molecule has 2 aromatic rings. The zero-order chi connectivity index (χ0) is 39.9. The minimum atomic E-state index is -1.49. The van der Waals surface area contributed by atoms with E-state index in [9.17, 15) is 24.9 Å². The molecule has 0 bridgehead atoms. The van der Waals surface area contributed by atoms with Crippen molar-refractivity contribution in [1.82, 2.24) is 10.2 Å². The van der Waals surface area contributed by atoms with Crippen molar-refractivity contribution in [3.05, 3.63) is 84.0 Å². The van der Waals surface area contributed by atoms with Gasteiger partial charge >= 0.3 is 12.2 Å². The predicted molar refractivity (Wildman–Crippen MR) is 208 cm³/mol. The molecule has 0 radical (unpaired) electrons. The lowest BCUT2D eigenvalue weighted by molar-refractivity contribution is -0.255. The second-order valence-electron chi connectivity index (χ2n) is 14.2. The molecule has 1 aliphatic heterocycles. The SMILES string of the molecule is C=CCOC12Oc3ccc(OC(=O)NCc4ccccc4)cc3C3C(CCCCO)C(CCCCO)C=C(C(=NOC)CC1N(CCOCCO)C(=O)OC)C32. The van der Waals surface area contributed by atoms with E-state index in [1.165, 1.54) is 19.1 Å². The fraction of sp³-hybridized carbons (Fsp3) is 0.548. The maximum absolute atomic E-state index is 13.7. The zero-order valence-corrected chi connectivity index (χ0v) is 32.5. The Morgan fingerprint density at radius 3 is 2.48 bits per heavy atom. The minimum Gasteiger partial charge on any atom is -0.459 e. The number of nitrogens with one attached hydrogen (secondary N) is 1. The number of hydrogen-bond acceptors (Lipinski definition) is 12. The molecule has 56 heavy (non-hydrogen) atoms. The van der Waals surface area contributed by atoms with E-state index in [1.807, 2.05) is 36.4 Å². The molecule has 6 atom stereocenters. The molecule has 5 rings (SSSR count). The first-order valence-corrected chi connectivity index (χ1v) is 19.5. The first kappa shape index (κ1) is 42.7. The molecular weight excluding hydrogens is 722 g/mol. The van der Waals surface area contributed by atoms with Crippen molar-refractivity contribution in [3.8, 4) is 11.5 Å². The Balaban J connectivity index is 1.67. The van der Waals surface area contributed by atoms with Crippen molar-refractivity contribution in [2.24, 2.45) is 22.9 Å². The third-order valence-corrected chi connectivity index (χ3v) is 10.8. The van der Waals surface area contributed by atoms with Crippen molar-refractivity contribution in [2.75, 3.05) is 60.4 Å². The van der Waals surface area contributed by atoms with Crippen molar-refractivity contribution in [2.45, 2.75) is 69.2 Å². The molecule has 0 spiro atoms. The van der Waals surface area contributed by atoms with Crippen LogP contribution in [0, 0.1) is 17.8 Å². The number of rotatable bonds is 21. The molecule has 1 saturated carbocycles. The molecule has 1 fully saturated rings. The number of aliphatic hydroxyl groups is 3. The van der Waals surface area contributed by atoms with Crippen molar-refractivity contribution < 1.29 is 53.4 Å². The summed E-state index contributed by atoms with van der Waals surface area (Å²) in [6, 6.07) is 14.1. The van der Waals surface area contributed by atoms with Crippen molar-refractivity contribution in [3.63, 3.8) is 0 Å². The van der Waals surface area contributed by atoms with Gasteiger partial charge in [-0.1, -0.05) is 60.5 Å². The van der Waals surface area contributed by atoms with Gasteiger partial charge in [-0.2, -0.15) is 0 Å². The predicted octanol–water partition coefficient (Wildman–Crippen LogP) is 5.32. The van der Waals surface area contributed by atoms with Crippen LogP contribution in [0.1, 0.15) is 62.0 Å². The lowest BCUT2D eigenvalue weighted by Gasteiger charge is -2.59. The Hall–Kier alpha value is -4.47. The lowest BCUT2D eigenvalue weighted by atomic mass is 9.55. The van der Waals surface area contributed by atoms with E-state index in [0.29, 0.717) is 36.6 Å². The van der Waals surface area contributed by atoms with Crippen LogP contribution in [0.15, 0.2) is 78.0 Å². The maximum atomic E-state index is 13.7. The number of aliphatic hydroxyl groups excluding tert-OH is 3. The number of allylic oxidation sites excluding steroid dienone is 1. The standard InChI is InChI=1S/C42H57N3O11/c1-4-22-54-42-37(45(41(50)51-2)18-23-53-24-21-48)27-35(44-52-3)33-25-30(14-8-10-19-46)32(15-9-11-20-47)38(39(33)42)34-26-31(16-17-36(34)56-42)55-40(49)43-28-29-12-6-5-7-13-29/h4-7,12-13,16-17,25-26,30,32,37-39,46-48H,1,8-11,14-15,18-24,27-28H2,2-3H3,(H,43,49). The highest BCUT2D eigenvalue weighted by molar-refractivity contribution is 6.03. The Bertz CT molecular complexity index is 1650. The van der Waals surface area contributed by atoms with Gasteiger partial charge < -0.3 is 49.2 Å². The first-order valence-electron chi connectivity index (χ1n) is 19.5. The molecule has 2 aromatic carbocycles. The number of benzene rings is 2. The summed E-state index contributed by atoms with van der Waals surface area (Å²) in [5, 5.41) is 36.3. The van der Waals surface area contributed by atoms with Gasteiger partial charge in [0, 0.05) is 44.2 Å². The largest absolute Gasteiger partial charge is 0.459 e. The molecular formula is C42H57N3O11. The second-order valence-corrected chi connectivity index (χ2v) is 14.2. The number of methoxy groups -OCH3 is 1. The van der Waals surface area contributed by atoms with Crippen LogP contribution in [0.3, 0.4) is 0 Å². The zero-order valence-electron chi connectivity index (χ0n) is 32.5. The summed E-state index contributed by atoms with van der Waals surface area (Å²) in [4.78, 5) is 33.8. The Labute approximate surface area is 329 Å². The molecule has 1 heterocycles. The van der Waals surface area contributed by atoms with Gasteiger partial charge in [0.15, 0.2) is 0 Å². The normalized spacial score (nSPS) is 24.2. The third kappa shape index (κ3) is 9.90. The van der Waals surface area contributed by atoms with Crippen LogP contribution in [0.25, 0.3) is 0 Å². The van der Waals surface area contributed by atoms with E-state index in [4.69, 9.17) is 28.5 Å². The summed E-state index contributed by atoms with van der Waals surface area (Å²) < 4.78 is 30.8. The number of oxime groups is 1. The third-order valence-electron chi connectivity index (χ3n) is 10.8. The van der Waals surface area contributed by atoms with E-state index >= 15 is 0 Å². The molecule has 0 saturated heterocycles. The number of carbonyl (C=O) groups excluding carboxylic acids is 2. The average molecular weight is 780 g/mol. The summed E-state index contributed by atoms with van der Waals surface area (Å²) in [5.41, 5.74) is 3.22. The van der Waals surface area contributed by atoms with Crippen LogP contribution >= 0.6 is 0 Å². The summed E-state index contributed by atoms with van der Waals surface area (Å²) >= 11 is 0. The minimum absolute atomic E-state index is 0.0208. The van der Waals surface area contributed by atoms with Crippen LogP contribution < -0.4 is 14.8 Å². The highest BCUT2D eigenvalue weighted by atomic mass is 16.7. The summed E-state index contributed by atoms with van der Waals surface area (Å²) in [5.74, 6) is -1.51. The van der Waals surface area contributed by atoms with Gasteiger partial charge in [0.05, 0.1) is 45.2 Å². The number of nitrogens with zero attached hydrogens (tertiary/aromatic N) is 2. The van der Waals surface area contributed by atoms with E-state index in [0.717, 1.165) is 42.4 Å². The Morgan fingerprint density at radius 1 is 1.02 bits per heavy atom. The topological polar surface area (TPSA) is 178 Å². The number of hydrogen-bond donors (Lipinski definition) is 4. The lowest BCUT2D eigenvalue weighted by Crippen LogP contribution is -2.70. The van der Waals surface area contributed by atoms with Gasteiger partial charge in [0.1, 0.15) is 24.7 Å². The van der Waals surface area contributed by atoms with Crippen molar-refractivity contribution in [1.29, 1.82) is 0 Å². The second kappa shape index (κ2) is 21.2. The highest BCUT2D eigenvalue weighted by Gasteiger charge is 2.65. The van der Waals surface area contributed by atoms with Gasteiger partial charge in [0.25, 0.3) is 0 Å². The van der Waals surface area contributed by atoms with Crippen molar-refractivity contribution >= 4 is 17.9 Å². The van der Waals surface area contributed by atoms with Gasteiger partial charge in [-0.05, 0) is 66.9 Å². The first-order chi connectivity index (χ1) is 27.3. The van der Waals surface area contributed by atoms with Crippen LogP contribution in [0.4, 0.5) is 9.59 Å². The fourth-order valence-corrected chi connectivity index (χ4v) is 8.56. The molecule has 2 amide bonds. The van der Waals surface area contributed by atoms with Crippen LogP contribution in [0.2, 0.25) is 0 Å². The number of fused-ring (bicyclic) bond motifs is 2. The molecule has 306 valence electrons. The Morgan fingerprint density at radius 2 is 1.79 bits per heavy atom. The van der Waals surface area contributed by atoms with Crippen LogP contribution in [-0.2, 0) is 25.6 Å². The molecule has 14 heteroatoms. The van der Waals surface area contributed by atoms with E-state index in [-0.39, 0.29) is 70.4 Å². The van der Waals surface area contributed by atoms with Gasteiger partial charge in [-0.3, -0.25) is 4.90 Å². The fourth-order valence-electron chi connectivity index (χ4n) is 8.56.